The van der Waals surface area contributed by atoms with Gasteiger partial charge in [0.1, 0.15) is 5.75 Å². The molecule has 2 amide bonds. The van der Waals surface area contributed by atoms with Gasteiger partial charge in [-0.1, -0.05) is 18.2 Å². The summed E-state index contributed by atoms with van der Waals surface area (Å²) in [5.41, 5.74) is 6.19. The summed E-state index contributed by atoms with van der Waals surface area (Å²) in [6.07, 6.45) is 0.699. The first-order valence-electron chi connectivity index (χ1n) is 6.55. The van der Waals surface area contributed by atoms with Crippen LogP contribution in [-0.2, 0) is 9.59 Å². The summed E-state index contributed by atoms with van der Waals surface area (Å²) in [6, 6.07) is 7.77. The van der Waals surface area contributed by atoms with E-state index in [1.807, 2.05) is 31.2 Å². The molecule has 1 aromatic carbocycles. The number of ether oxygens (including phenoxy) is 1. The van der Waals surface area contributed by atoms with E-state index in [2.05, 4.69) is 10.6 Å². The molecular weight excluding hydrogens is 294 g/mol. The Bertz CT molecular complexity index is 455. The minimum atomic E-state index is -0.344. The van der Waals surface area contributed by atoms with Crippen LogP contribution in [0.15, 0.2) is 24.3 Å². The monoisotopic (exact) mass is 315 g/mol. The molecule has 0 radical (unpaired) electrons. The Morgan fingerprint density at radius 2 is 1.90 bits per heavy atom. The smallest absolute Gasteiger partial charge is 0.239 e. The second-order valence-corrected chi connectivity index (χ2v) is 4.30. The van der Waals surface area contributed by atoms with Crippen molar-refractivity contribution in [2.45, 2.75) is 13.3 Å². The molecule has 1 rings (SSSR count). The van der Waals surface area contributed by atoms with Crippen molar-refractivity contribution in [2.75, 3.05) is 26.2 Å². The number of hydrogen-bond acceptors (Lipinski definition) is 4. The lowest BCUT2D eigenvalue weighted by Gasteiger charge is -2.09. The van der Waals surface area contributed by atoms with Crippen LogP contribution in [-0.4, -0.2) is 38.1 Å². The van der Waals surface area contributed by atoms with Gasteiger partial charge in [0.2, 0.25) is 11.8 Å². The highest BCUT2D eigenvalue weighted by Gasteiger charge is 2.03. The van der Waals surface area contributed by atoms with Crippen LogP contribution in [0, 0.1) is 6.92 Å². The van der Waals surface area contributed by atoms with E-state index in [0.717, 1.165) is 11.3 Å². The Kier molecular flexibility index (Phi) is 10.0. The van der Waals surface area contributed by atoms with Crippen LogP contribution in [0.4, 0.5) is 0 Å². The van der Waals surface area contributed by atoms with Crippen molar-refractivity contribution in [3.05, 3.63) is 29.8 Å². The van der Waals surface area contributed by atoms with Gasteiger partial charge in [-0.2, -0.15) is 0 Å². The largest absolute Gasteiger partial charge is 0.493 e. The zero-order valence-electron chi connectivity index (χ0n) is 12.1. The van der Waals surface area contributed by atoms with Gasteiger partial charge in [-0.3, -0.25) is 9.59 Å². The number of para-hydroxylation sites is 1. The van der Waals surface area contributed by atoms with Gasteiger partial charge in [-0.25, -0.2) is 0 Å². The van der Waals surface area contributed by atoms with E-state index in [9.17, 15) is 9.59 Å². The molecule has 1 aromatic rings. The zero-order valence-corrected chi connectivity index (χ0v) is 12.9. The molecule has 0 aliphatic heterocycles. The highest BCUT2D eigenvalue weighted by atomic mass is 35.5. The van der Waals surface area contributed by atoms with Gasteiger partial charge in [0.05, 0.1) is 19.7 Å². The van der Waals surface area contributed by atoms with E-state index in [1.54, 1.807) is 0 Å². The molecule has 0 unspecified atom stereocenters. The highest BCUT2D eigenvalue weighted by molar-refractivity contribution is 5.85. The first-order valence-corrected chi connectivity index (χ1v) is 6.55. The van der Waals surface area contributed by atoms with Crippen LogP contribution < -0.4 is 21.1 Å². The molecule has 0 saturated carbocycles. The van der Waals surface area contributed by atoms with Crippen molar-refractivity contribution < 1.29 is 14.3 Å². The highest BCUT2D eigenvalue weighted by Crippen LogP contribution is 2.15. The number of benzene rings is 1. The summed E-state index contributed by atoms with van der Waals surface area (Å²) < 4.78 is 5.60. The molecule has 0 fully saturated rings. The number of carbonyl (C=O) groups is 2. The number of halogens is 1. The van der Waals surface area contributed by atoms with Gasteiger partial charge in [0, 0.05) is 6.54 Å². The predicted molar refractivity (Wildman–Crippen MR) is 83.6 cm³/mol. The van der Waals surface area contributed by atoms with Crippen LogP contribution in [0.25, 0.3) is 0 Å². The minimum absolute atomic E-state index is 0. The summed E-state index contributed by atoms with van der Waals surface area (Å²) in [6.45, 7) is 2.85. The minimum Gasteiger partial charge on any atom is -0.493 e. The van der Waals surface area contributed by atoms with E-state index >= 15 is 0 Å². The average molecular weight is 316 g/mol. The van der Waals surface area contributed by atoms with E-state index in [4.69, 9.17) is 10.5 Å². The molecule has 0 atom stereocenters. The number of nitrogens with two attached hydrogens (primary N) is 1. The molecule has 0 spiro atoms. The van der Waals surface area contributed by atoms with Crippen molar-refractivity contribution in [1.82, 2.24) is 10.6 Å². The fourth-order valence-electron chi connectivity index (χ4n) is 1.51. The Balaban J connectivity index is 0.00000400. The molecule has 0 aromatic heterocycles. The Hall–Kier alpha value is -1.79. The summed E-state index contributed by atoms with van der Waals surface area (Å²) in [5.74, 6) is 0.278. The lowest BCUT2D eigenvalue weighted by Crippen LogP contribution is -2.39. The van der Waals surface area contributed by atoms with Gasteiger partial charge < -0.3 is 21.1 Å². The standard InChI is InChI=1S/C14H21N3O3.ClH/c1-11-5-2-3-6-12(11)20-8-4-7-16-14(19)10-17-13(18)9-15;/h2-3,5-6H,4,7-10,15H2,1H3,(H,16,19)(H,17,18);1H. The molecule has 0 saturated heterocycles. The normalized spacial score (nSPS) is 9.43. The SMILES string of the molecule is Cc1ccccc1OCCCNC(=O)CNC(=O)CN.Cl. The van der Waals surface area contributed by atoms with Gasteiger partial charge in [-0.05, 0) is 25.0 Å². The number of aryl methyl sites for hydroxylation is 1. The first kappa shape index (κ1) is 19.2. The fourth-order valence-corrected chi connectivity index (χ4v) is 1.51. The van der Waals surface area contributed by atoms with Crippen LogP contribution in [0.1, 0.15) is 12.0 Å². The topological polar surface area (TPSA) is 93.5 Å². The van der Waals surface area contributed by atoms with Crippen molar-refractivity contribution in [1.29, 1.82) is 0 Å². The maximum atomic E-state index is 11.3. The van der Waals surface area contributed by atoms with E-state index in [1.165, 1.54) is 0 Å². The predicted octanol–water partition coefficient (Wildman–Crippen LogP) is 0.377. The number of amides is 2. The fraction of sp³-hybridized carbons (Fsp3) is 0.429. The molecular formula is C14H22ClN3O3. The van der Waals surface area contributed by atoms with Gasteiger partial charge in [-0.15, -0.1) is 12.4 Å². The number of rotatable bonds is 8. The molecule has 7 heteroatoms. The summed E-state index contributed by atoms with van der Waals surface area (Å²) >= 11 is 0. The van der Waals surface area contributed by atoms with E-state index in [0.29, 0.717) is 19.6 Å². The van der Waals surface area contributed by atoms with Crippen LogP contribution in [0.5, 0.6) is 5.75 Å². The molecule has 118 valence electrons. The Morgan fingerprint density at radius 1 is 1.19 bits per heavy atom. The van der Waals surface area contributed by atoms with Crippen molar-refractivity contribution in [3.63, 3.8) is 0 Å². The van der Waals surface area contributed by atoms with Crippen LogP contribution >= 0.6 is 12.4 Å². The number of hydrogen-bond donors (Lipinski definition) is 3. The maximum absolute atomic E-state index is 11.3. The summed E-state index contributed by atoms with van der Waals surface area (Å²) in [7, 11) is 0. The summed E-state index contributed by atoms with van der Waals surface area (Å²) in [5, 5.41) is 5.09. The molecule has 6 nitrogen and oxygen atoms in total. The van der Waals surface area contributed by atoms with E-state index < -0.39 is 0 Å². The molecule has 0 aliphatic carbocycles. The molecule has 4 N–H and O–H groups in total. The number of carbonyl (C=O) groups excluding carboxylic acids is 2. The second kappa shape index (κ2) is 10.9. The molecule has 0 bridgehead atoms. The van der Waals surface area contributed by atoms with E-state index in [-0.39, 0.29) is 37.3 Å². The Morgan fingerprint density at radius 3 is 2.57 bits per heavy atom. The van der Waals surface area contributed by atoms with Crippen molar-refractivity contribution >= 4 is 24.2 Å². The Labute approximate surface area is 130 Å². The lowest BCUT2D eigenvalue weighted by molar-refractivity contribution is -0.125. The van der Waals surface area contributed by atoms with Crippen LogP contribution in [0.3, 0.4) is 0 Å². The quantitative estimate of drug-likeness (QED) is 0.604. The third kappa shape index (κ3) is 8.16. The molecule has 0 heterocycles. The zero-order chi connectivity index (χ0) is 14.8. The second-order valence-electron chi connectivity index (χ2n) is 4.30. The van der Waals surface area contributed by atoms with Crippen molar-refractivity contribution in [2.24, 2.45) is 5.73 Å². The van der Waals surface area contributed by atoms with Gasteiger partial charge in [0.15, 0.2) is 0 Å². The lowest BCUT2D eigenvalue weighted by atomic mass is 10.2. The van der Waals surface area contributed by atoms with Gasteiger partial charge in [0.25, 0.3) is 0 Å². The average Bonchev–Trinajstić information content (AvgIpc) is 2.46. The van der Waals surface area contributed by atoms with Gasteiger partial charge >= 0.3 is 0 Å². The molecule has 21 heavy (non-hydrogen) atoms. The number of nitrogens with one attached hydrogen (secondary N) is 2. The third-order valence-electron chi connectivity index (χ3n) is 2.63. The third-order valence-corrected chi connectivity index (χ3v) is 2.63. The summed E-state index contributed by atoms with van der Waals surface area (Å²) in [4.78, 5) is 22.2. The first-order chi connectivity index (χ1) is 9.63. The van der Waals surface area contributed by atoms with Crippen LogP contribution in [0.2, 0.25) is 0 Å². The van der Waals surface area contributed by atoms with Crippen molar-refractivity contribution in [3.8, 4) is 5.75 Å². The molecule has 0 aliphatic rings. The maximum Gasteiger partial charge on any atom is 0.239 e.